The molecule has 1 aromatic carbocycles. The van der Waals surface area contributed by atoms with Crippen LogP contribution in [0.2, 0.25) is 18.1 Å². The molecule has 0 fully saturated rings. The highest BCUT2D eigenvalue weighted by atomic mass is 28.4. The van der Waals surface area contributed by atoms with Crippen molar-refractivity contribution in [2.24, 2.45) is 0 Å². The monoisotopic (exact) mass is 340 g/mol. The van der Waals surface area contributed by atoms with Crippen molar-refractivity contribution in [1.29, 1.82) is 0 Å². The molecule has 0 amide bonds. The van der Waals surface area contributed by atoms with Crippen molar-refractivity contribution in [3.8, 4) is 12.3 Å². The lowest BCUT2D eigenvalue weighted by Crippen LogP contribution is -2.40. The van der Waals surface area contributed by atoms with Crippen molar-refractivity contribution >= 4 is 14.1 Å². The van der Waals surface area contributed by atoms with Crippen LogP contribution in [0.1, 0.15) is 52.0 Å². The molecular formula is C22H32OSi. The summed E-state index contributed by atoms with van der Waals surface area (Å²) >= 11 is 0. The van der Waals surface area contributed by atoms with Gasteiger partial charge in [-0.25, -0.2) is 0 Å². The lowest BCUT2D eigenvalue weighted by atomic mass is 10.0. The van der Waals surface area contributed by atoms with Gasteiger partial charge in [-0.1, -0.05) is 57.2 Å². The number of benzene rings is 1. The van der Waals surface area contributed by atoms with E-state index in [0.29, 0.717) is 0 Å². The van der Waals surface area contributed by atoms with Gasteiger partial charge in [-0.05, 0) is 43.0 Å². The van der Waals surface area contributed by atoms with Crippen LogP contribution < -0.4 is 0 Å². The van der Waals surface area contributed by atoms with Crippen molar-refractivity contribution in [3.63, 3.8) is 0 Å². The zero-order valence-electron chi connectivity index (χ0n) is 16.0. The molecular weight excluding hydrogens is 308 g/mol. The minimum atomic E-state index is -1.92. The SMILES string of the molecule is C#CCCC/C(CC=C)=C(/O[Si](C)(C)C(C)(C)C)c1ccccc1. The van der Waals surface area contributed by atoms with Gasteiger partial charge in [-0.15, -0.1) is 18.9 Å². The molecule has 0 aliphatic rings. The highest BCUT2D eigenvalue weighted by Crippen LogP contribution is 2.41. The zero-order valence-corrected chi connectivity index (χ0v) is 17.0. The fourth-order valence-corrected chi connectivity index (χ4v) is 3.30. The molecule has 1 aromatic rings. The Balaban J connectivity index is 3.32. The summed E-state index contributed by atoms with van der Waals surface area (Å²) < 4.78 is 6.75. The van der Waals surface area contributed by atoms with Crippen LogP contribution in [0.4, 0.5) is 0 Å². The van der Waals surface area contributed by atoms with Crippen LogP contribution in [0.5, 0.6) is 0 Å². The Hall–Kier alpha value is -1.72. The van der Waals surface area contributed by atoms with Gasteiger partial charge >= 0.3 is 0 Å². The van der Waals surface area contributed by atoms with Crippen molar-refractivity contribution in [2.45, 2.75) is 64.6 Å². The van der Waals surface area contributed by atoms with Gasteiger partial charge in [0, 0.05) is 12.0 Å². The van der Waals surface area contributed by atoms with Crippen LogP contribution in [-0.4, -0.2) is 8.32 Å². The third-order valence-electron chi connectivity index (χ3n) is 4.71. The number of terminal acetylenes is 1. The molecule has 0 saturated carbocycles. The average molecular weight is 341 g/mol. The van der Waals surface area contributed by atoms with Gasteiger partial charge in [0.2, 0.25) is 0 Å². The molecule has 1 nitrogen and oxygen atoms in total. The molecule has 0 aromatic heterocycles. The van der Waals surface area contributed by atoms with Crippen molar-refractivity contribution in [3.05, 3.63) is 54.1 Å². The zero-order chi connectivity index (χ0) is 18.2. The van der Waals surface area contributed by atoms with E-state index in [4.69, 9.17) is 10.8 Å². The Labute approximate surface area is 150 Å². The Kier molecular flexibility index (Phi) is 7.57. The summed E-state index contributed by atoms with van der Waals surface area (Å²) in [7, 11) is -1.92. The lowest BCUT2D eigenvalue weighted by Gasteiger charge is -2.38. The van der Waals surface area contributed by atoms with Crippen LogP contribution in [0.25, 0.3) is 5.76 Å². The first-order valence-electron chi connectivity index (χ1n) is 8.73. The molecule has 0 heterocycles. The number of hydrogen-bond donors (Lipinski definition) is 0. The number of unbranched alkanes of at least 4 members (excludes halogenated alkanes) is 1. The highest BCUT2D eigenvalue weighted by Gasteiger charge is 2.40. The first-order chi connectivity index (χ1) is 11.2. The summed E-state index contributed by atoms with van der Waals surface area (Å²) in [5.41, 5.74) is 2.45. The molecule has 2 heteroatoms. The third kappa shape index (κ3) is 5.73. The quantitative estimate of drug-likeness (QED) is 0.166. The molecule has 130 valence electrons. The molecule has 0 saturated heterocycles. The van der Waals surface area contributed by atoms with Crippen molar-refractivity contribution in [2.75, 3.05) is 0 Å². The molecule has 0 unspecified atom stereocenters. The van der Waals surface area contributed by atoms with Crippen LogP contribution in [0.3, 0.4) is 0 Å². The van der Waals surface area contributed by atoms with E-state index in [1.54, 1.807) is 0 Å². The minimum Gasteiger partial charge on any atom is -0.543 e. The maximum atomic E-state index is 6.75. The predicted molar refractivity (Wildman–Crippen MR) is 109 cm³/mol. The topological polar surface area (TPSA) is 9.23 Å². The molecule has 1 rings (SSSR count). The molecule has 0 atom stereocenters. The fourth-order valence-electron chi connectivity index (χ4n) is 2.22. The number of allylic oxidation sites excluding steroid dienone is 2. The largest absolute Gasteiger partial charge is 0.543 e. The molecule has 0 aliphatic carbocycles. The second-order valence-electron chi connectivity index (χ2n) is 7.71. The number of rotatable bonds is 8. The summed E-state index contributed by atoms with van der Waals surface area (Å²) in [5, 5.41) is 0.158. The first kappa shape index (κ1) is 20.3. The summed E-state index contributed by atoms with van der Waals surface area (Å²) in [4.78, 5) is 0. The van der Waals surface area contributed by atoms with Crippen LogP contribution in [0.15, 0.2) is 48.6 Å². The molecule has 0 bridgehead atoms. The summed E-state index contributed by atoms with van der Waals surface area (Å²) in [6.45, 7) is 15.3. The van der Waals surface area contributed by atoms with Crippen LogP contribution in [-0.2, 0) is 4.43 Å². The maximum absolute atomic E-state index is 6.75. The molecule has 0 aliphatic heterocycles. The Morgan fingerprint density at radius 1 is 1.25 bits per heavy atom. The van der Waals surface area contributed by atoms with E-state index >= 15 is 0 Å². The van der Waals surface area contributed by atoms with E-state index in [9.17, 15) is 0 Å². The maximum Gasteiger partial charge on any atom is 0.250 e. The van der Waals surface area contributed by atoms with Gasteiger partial charge in [0.15, 0.2) is 0 Å². The van der Waals surface area contributed by atoms with Crippen LogP contribution >= 0.6 is 0 Å². The minimum absolute atomic E-state index is 0.158. The van der Waals surface area contributed by atoms with E-state index in [1.165, 1.54) is 5.57 Å². The normalized spacial score (nSPS) is 13.0. The van der Waals surface area contributed by atoms with E-state index in [2.05, 4.69) is 70.6 Å². The van der Waals surface area contributed by atoms with Gasteiger partial charge in [0.1, 0.15) is 5.76 Å². The van der Waals surface area contributed by atoms with Gasteiger partial charge in [-0.3, -0.25) is 0 Å². The predicted octanol–water partition coefficient (Wildman–Crippen LogP) is 6.80. The molecule has 24 heavy (non-hydrogen) atoms. The Morgan fingerprint density at radius 3 is 2.38 bits per heavy atom. The van der Waals surface area contributed by atoms with Gasteiger partial charge in [0.25, 0.3) is 8.32 Å². The highest BCUT2D eigenvalue weighted by molar-refractivity contribution is 6.74. The van der Waals surface area contributed by atoms with E-state index in [0.717, 1.165) is 37.0 Å². The van der Waals surface area contributed by atoms with Gasteiger partial charge in [-0.2, -0.15) is 0 Å². The van der Waals surface area contributed by atoms with Gasteiger partial charge < -0.3 is 4.43 Å². The van der Waals surface area contributed by atoms with Crippen molar-refractivity contribution in [1.82, 2.24) is 0 Å². The van der Waals surface area contributed by atoms with Crippen LogP contribution in [0, 0.1) is 12.3 Å². The second-order valence-corrected chi connectivity index (χ2v) is 12.4. The van der Waals surface area contributed by atoms with Crippen molar-refractivity contribution < 1.29 is 4.43 Å². The van der Waals surface area contributed by atoms with E-state index < -0.39 is 8.32 Å². The standard InChI is InChI=1S/C22H32OSi/c1-8-10-12-16-19(15-9-2)21(20-17-13-11-14-18-20)23-24(6,7)22(3,4)5/h1,9,11,13-14,17-18H,2,10,12,15-16H2,3-7H3/b21-19+. The fraction of sp³-hybridized carbons (Fsp3) is 0.455. The number of hydrogen-bond acceptors (Lipinski definition) is 1. The Morgan fingerprint density at radius 2 is 1.88 bits per heavy atom. The molecule has 0 N–H and O–H groups in total. The summed E-state index contributed by atoms with van der Waals surface area (Å²) in [5.74, 6) is 3.78. The lowest BCUT2D eigenvalue weighted by molar-refractivity contribution is 0.451. The molecule has 0 spiro atoms. The summed E-state index contributed by atoms with van der Waals surface area (Å²) in [6.07, 6.45) is 11.0. The van der Waals surface area contributed by atoms with E-state index in [1.807, 2.05) is 12.1 Å². The first-order valence-corrected chi connectivity index (χ1v) is 11.6. The average Bonchev–Trinajstić information content (AvgIpc) is 2.52. The summed E-state index contributed by atoms with van der Waals surface area (Å²) in [6, 6.07) is 10.4. The van der Waals surface area contributed by atoms with Gasteiger partial charge in [0.05, 0.1) is 0 Å². The smallest absolute Gasteiger partial charge is 0.250 e. The molecule has 0 radical (unpaired) electrons. The van der Waals surface area contributed by atoms with E-state index in [-0.39, 0.29) is 5.04 Å². The Bertz CT molecular complexity index is 597. The second kappa shape index (κ2) is 8.94. The third-order valence-corrected chi connectivity index (χ3v) is 9.04.